The maximum absolute atomic E-state index is 12.3. The molecule has 8 heteroatoms. The van der Waals surface area contributed by atoms with E-state index in [0.717, 1.165) is 0 Å². The number of carbonyl (C=O) groups is 2. The molecule has 0 spiro atoms. The summed E-state index contributed by atoms with van der Waals surface area (Å²) < 4.78 is 1.42. The Morgan fingerprint density at radius 3 is 2.77 bits per heavy atom. The molecule has 0 fully saturated rings. The van der Waals surface area contributed by atoms with Gasteiger partial charge in [0.2, 0.25) is 0 Å². The highest BCUT2D eigenvalue weighted by molar-refractivity contribution is 5.97. The average molecular weight is 303 g/mol. The normalized spacial score (nSPS) is 13.4. The van der Waals surface area contributed by atoms with E-state index in [1.54, 1.807) is 31.2 Å². The van der Waals surface area contributed by atoms with Gasteiger partial charge < -0.3 is 10.4 Å². The smallest absolute Gasteiger partial charge is 0.326 e. The summed E-state index contributed by atoms with van der Waals surface area (Å²) in [4.78, 5) is 23.5. The van der Waals surface area contributed by atoms with Gasteiger partial charge in [-0.25, -0.2) is 9.48 Å². The van der Waals surface area contributed by atoms with Gasteiger partial charge in [-0.05, 0) is 34.5 Å². The van der Waals surface area contributed by atoms with Crippen molar-refractivity contribution in [3.63, 3.8) is 0 Å². The van der Waals surface area contributed by atoms with E-state index in [9.17, 15) is 14.7 Å². The van der Waals surface area contributed by atoms with Gasteiger partial charge in [0.05, 0.1) is 5.69 Å². The summed E-state index contributed by atoms with van der Waals surface area (Å²) in [7, 11) is 0. The van der Waals surface area contributed by atoms with Crippen LogP contribution >= 0.6 is 0 Å². The predicted octanol–water partition coefficient (Wildman–Crippen LogP) is 0.891. The Morgan fingerprint density at radius 2 is 2.18 bits per heavy atom. The largest absolute Gasteiger partial charge is 0.480 e. The number of nitrogens with one attached hydrogen (secondary N) is 1. The molecule has 0 saturated carbocycles. The minimum absolute atomic E-state index is 0.163. The molecule has 1 aromatic carbocycles. The zero-order valence-corrected chi connectivity index (χ0v) is 12.3. The zero-order chi connectivity index (χ0) is 16.1. The van der Waals surface area contributed by atoms with Crippen LogP contribution in [0.4, 0.5) is 0 Å². The van der Waals surface area contributed by atoms with Gasteiger partial charge >= 0.3 is 5.97 Å². The standard InChI is InChI=1S/C14H17N5O3/c1-3-9(2)12(14(21)22)16-13(20)10-5-4-6-11(7-10)19-8-15-17-18-19/h4-9,12H,3H2,1-2H3,(H,16,20)(H,21,22). The highest BCUT2D eigenvalue weighted by atomic mass is 16.4. The van der Waals surface area contributed by atoms with Crippen LogP contribution in [0.2, 0.25) is 0 Å². The molecule has 1 amide bonds. The van der Waals surface area contributed by atoms with E-state index in [4.69, 9.17) is 0 Å². The molecule has 0 aliphatic heterocycles. The van der Waals surface area contributed by atoms with Crippen molar-refractivity contribution in [2.75, 3.05) is 0 Å². The lowest BCUT2D eigenvalue weighted by Gasteiger charge is -2.20. The fraction of sp³-hybridized carbons (Fsp3) is 0.357. The number of aliphatic carboxylic acids is 1. The summed E-state index contributed by atoms with van der Waals surface area (Å²) in [5.41, 5.74) is 0.968. The minimum atomic E-state index is -1.04. The lowest BCUT2D eigenvalue weighted by atomic mass is 9.99. The molecule has 0 bridgehead atoms. The Hall–Kier alpha value is -2.77. The summed E-state index contributed by atoms with van der Waals surface area (Å²) in [6, 6.07) is 5.72. The fourth-order valence-corrected chi connectivity index (χ4v) is 1.98. The van der Waals surface area contributed by atoms with Crippen molar-refractivity contribution in [3.8, 4) is 5.69 Å². The molecular weight excluding hydrogens is 286 g/mol. The van der Waals surface area contributed by atoms with Crippen LogP contribution in [0.25, 0.3) is 5.69 Å². The molecule has 2 atom stereocenters. The second-order valence-electron chi connectivity index (χ2n) is 4.98. The van der Waals surface area contributed by atoms with Crippen LogP contribution < -0.4 is 5.32 Å². The number of carboxylic acid groups (broad SMARTS) is 1. The van der Waals surface area contributed by atoms with Crippen molar-refractivity contribution in [1.29, 1.82) is 0 Å². The van der Waals surface area contributed by atoms with Crippen molar-refractivity contribution in [3.05, 3.63) is 36.2 Å². The van der Waals surface area contributed by atoms with Crippen LogP contribution in [0.1, 0.15) is 30.6 Å². The number of nitrogens with zero attached hydrogens (tertiary/aromatic N) is 4. The lowest BCUT2D eigenvalue weighted by molar-refractivity contribution is -0.140. The topological polar surface area (TPSA) is 110 Å². The van der Waals surface area contributed by atoms with Gasteiger partial charge in [-0.2, -0.15) is 0 Å². The Bertz CT molecular complexity index is 656. The number of hydrogen-bond donors (Lipinski definition) is 2. The summed E-state index contributed by atoms with van der Waals surface area (Å²) >= 11 is 0. The van der Waals surface area contributed by atoms with Crippen LogP contribution in [-0.2, 0) is 4.79 Å². The molecule has 2 aromatic rings. The Kier molecular flexibility index (Phi) is 4.82. The molecule has 2 unspecified atom stereocenters. The second kappa shape index (κ2) is 6.79. The first-order chi connectivity index (χ1) is 10.5. The van der Waals surface area contributed by atoms with Crippen LogP contribution in [0.5, 0.6) is 0 Å². The third-order valence-corrected chi connectivity index (χ3v) is 3.49. The number of amides is 1. The summed E-state index contributed by atoms with van der Waals surface area (Å²) in [5, 5.41) is 22.6. The molecular formula is C14H17N5O3. The fourth-order valence-electron chi connectivity index (χ4n) is 1.98. The first-order valence-corrected chi connectivity index (χ1v) is 6.90. The van der Waals surface area contributed by atoms with Gasteiger partial charge in [-0.3, -0.25) is 4.79 Å². The number of tetrazole rings is 1. The number of hydrogen-bond acceptors (Lipinski definition) is 5. The summed E-state index contributed by atoms with van der Waals surface area (Å²) in [6.45, 7) is 3.67. The van der Waals surface area contributed by atoms with E-state index in [0.29, 0.717) is 17.7 Å². The van der Waals surface area contributed by atoms with E-state index < -0.39 is 17.9 Å². The van der Waals surface area contributed by atoms with E-state index in [1.165, 1.54) is 11.0 Å². The van der Waals surface area contributed by atoms with Gasteiger partial charge in [0.15, 0.2) is 0 Å². The number of aromatic nitrogens is 4. The molecule has 0 aliphatic carbocycles. The highest BCUT2D eigenvalue weighted by Gasteiger charge is 2.25. The molecule has 1 heterocycles. The third kappa shape index (κ3) is 3.46. The first-order valence-electron chi connectivity index (χ1n) is 6.90. The first kappa shape index (κ1) is 15.6. The molecule has 0 aliphatic rings. The molecule has 2 N–H and O–H groups in total. The van der Waals surface area contributed by atoms with Crippen LogP contribution in [0, 0.1) is 5.92 Å². The Balaban J connectivity index is 2.19. The van der Waals surface area contributed by atoms with Gasteiger partial charge in [0.25, 0.3) is 5.91 Å². The van der Waals surface area contributed by atoms with Gasteiger partial charge in [0.1, 0.15) is 12.4 Å². The molecule has 8 nitrogen and oxygen atoms in total. The van der Waals surface area contributed by atoms with Crippen LogP contribution in [-0.4, -0.2) is 43.2 Å². The minimum Gasteiger partial charge on any atom is -0.480 e. The zero-order valence-electron chi connectivity index (χ0n) is 12.3. The molecule has 116 valence electrons. The highest BCUT2D eigenvalue weighted by Crippen LogP contribution is 2.12. The van der Waals surface area contributed by atoms with Gasteiger partial charge in [-0.15, -0.1) is 5.10 Å². The van der Waals surface area contributed by atoms with Crippen molar-refractivity contribution in [2.45, 2.75) is 26.3 Å². The molecule has 22 heavy (non-hydrogen) atoms. The number of carbonyl (C=O) groups excluding carboxylic acids is 1. The van der Waals surface area contributed by atoms with Crippen molar-refractivity contribution >= 4 is 11.9 Å². The van der Waals surface area contributed by atoms with Crippen LogP contribution in [0.15, 0.2) is 30.6 Å². The number of carboxylic acids is 1. The van der Waals surface area contributed by atoms with Gasteiger partial charge in [0, 0.05) is 5.56 Å². The lowest BCUT2D eigenvalue weighted by Crippen LogP contribution is -2.45. The number of benzene rings is 1. The monoisotopic (exact) mass is 303 g/mol. The van der Waals surface area contributed by atoms with Crippen molar-refractivity contribution in [2.24, 2.45) is 5.92 Å². The second-order valence-corrected chi connectivity index (χ2v) is 4.98. The molecule has 1 aromatic heterocycles. The van der Waals surface area contributed by atoms with E-state index >= 15 is 0 Å². The maximum Gasteiger partial charge on any atom is 0.326 e. The summed E-state index contributed by atoms with van der Waals surface area (Å²) in [6.07, 6.45) is 2.07. The summed E-state index contributed by atoms with van der Waals surface area (Å²) in [5.74, 6) is -1.65. The SMILES string of the molecule is CCC(C)C(NC(=O)c1cccc(-n2cnnn2)c1)C(=O)O. The number of rotatable bonds is 6. The van der Waals surface area contributed by atoms with Crippen molar-refractivity contribution in [1.82, 2.24) is 25.5 Å². The van der Waals surface area contributed by atoms with Crippen molar-refractivity contribution < 1.29 is 14.7 Å². The van der Waals surface area contributed by atoms with E-state index in [1.807, 2.05) is 6.92 Å². The Morgan fingerprint density at radius 1 is 1.41 bits per heavy atom. The molecule has 0 radical (unpaired) electrons. The predicted molar refractivity (Wildman–Crippen MR) is 77.5 cm³/mol. The quantitative estimate of drug-likeness (QED) is 0.820. The average Bonchev–Trinajstić information content (AvgIpc) is 3.06. The van der Waals surface area contributed by atoms with E-state index in [-0.39, 0.29) is 5.92 Å². The molecule has 0 saturated heterocycles. The third-order valence-electron chi connectivity index (χ3n) is 3.49. The maximum atomic E-state index is 12.3. The van der Waals surface area contributed by atoms with Crippen LogP contribution in [0.3, 0.4) is 0 Å². The van der Waals surface area contributed by atoms with E-state index in [2.05, 4.69) is 20.8 Å². The molecule has 2 rings (SSSR count). The Labute approximate surface area is 127 Å². The van der Waals surface area contributed by atoms with Gasteiger partial charge in [-0.1, -0.05) is 26.3 Å².